The Kier molecular flexibility index (Phi) is 3.24. The summed E-state index contributed by atoms with van der Waals surface area (Å²) >= 11 is 6.25. The van der Waals surface area contributed by atoms with E-state index in [-0.39, 0.29) is 11.2 Å². The van der Waals surface area contributed by atoms with Crippen LogP contribution in [0.1, 0.15) is 29.4 Å². The molecule has 0 aliphatic heterocycles. The van der Waals surface area contributed by atoms with Crippen LogP contribution in [0.2, 0.25) is 0 Å². The highest BCUT2D eigenvalue weighted by Crippen LogP contribution is 2.30. The van der Waals surface area contributed by atoms with Crippen LogP contribution < -0.4 is 0 Å². The highest BCUT2D eigenvalue weighted by molar-refractivity contribution is 6.20. The van der Waals surface area contributed by atoms with Crippen LogP contribution in [-0.2, 0) is 7.05 Å². The zero-order chi connectivity index (χ0) is 15.3. The molecule has 0 spiro atoms. The van der Waals surface area contributed by atoms with E-state index >= 15 is 0 Å². The number of fused-ring (bicyclic) bond motifs is 1. The molecule has 2 heterocycles. The van der Waals surface area contributed by atoms with E-state index in [1.54, 1.807) is 21.4 Å². The van der Waals surface area contributed by atoms with Crippen molar-refractivity contribution in [2.75, 3.05) is 0 Å². The summed E-state index contributed by atoms with van der Waals surface area (Å²) in [6.07, 6.45) is 0. The van der Waals surface area contributed by atoms with Gasteiger partial charge in [-0.15, -0.1) is 11.6 Å². The number of hydrogen-bond acceptors (Lipinski definition) is 2. The van der Waals surface area contributed by atoms with E-state index in [0.29, 0.717) is 11.5 Å². The van der Waals surface area contributed by atoms with E-state index in [1.165, 1.54) is 6.07 Å². The molecule has 1 unspecified atom stereocenters. The minimum absolute atomic E-state index is 0.308. The molecule has 2 aromatic heterocycles. The largest absolute Gasteiger partial charge is 0.277 e. The van der Waals surface area contributed by atoms with Crippen LogP contribution in [0.15, 0.2) is 18.2 Å². The number of aryl methyl sites for hydroxylation is 3. The second-order valence-electron chi connectivity index (χ2n) is 5.26. The Labute approximate surface area is 127 Å². The standard InChI is InChI=1S/C15H16ClFN4/c1-8-5-6-11(17)12(7-8)21-14(9(2)16)18-13-10(3)19-20(4)15(13)21/h5-7,9H,1-4H3. The molecular weight excluding hydrogens is 291 g/mol. The van der Waals surface area contributed by atoms with Crippen molar-refractivity contribution in [1.29, 1.82) is 0 Å². The SMILES string of the molecule is Cc1ccc(F)c(-n2c(C(C)Cl)nc3c(C)nn(C)c32)c1. The molecule has 0 saturated carbocycles. The molecule has 1 aromatic carbocycles. The first kappa shape index (κ1) is 14.1. The van der Waals surface area contributed by atoms with Gasteiger partial charge in [0.25, 0.3) is 0 Å². The van der Waals surface area contributed by atoms with E-state index in [9.17, 15) is 4.39 Å². The molecule has 3 aromatic rings. The summed E-state index contributed by atoms with van der Waals surface area (Å²) in [5.74, 6) is 0.310. The first-order valence-electron chi connectivity index (χ1n) is 6.72. The molecule has 0 aliphatic carbocycles. The highest BCUT2D eigenvalue weighted by Gasteiger charge is 2.22. The summed E-state index contributed by atoms with van der Waals surface area (Å²) < 4.78 is 17.8. The lowest BCUT2D eigenvalue weighted by Gasteiger charge is -2.12. The Bertz CT molecular complexity index is 832. The van der Waals surface area contributed by atoms with E-state index in [2.05, 4.69) is 10.1 Å². The van der Waals surface area contributed by atoms with Crippen molar-refractivity contribution >= 4 is 22.8 Å². The summed E-state index contributed by atoms with van der Waals surface area (Å²) in [6.45, 7) is 5.64. The minimum Gasteiger partial charge on any atom is -0.277 e. The molecule has 0 saturated heterocycles. The van der Waals surface area contributed by atoms with Crippen LogP contribution in [-0.4, -0.2) is 19.3 Å². The van der Waals surface area contributed by atoms with Gasteiger partial charge in [-0.2, -0.15) is 5.10 Å². The highest BCUT2D eigenvalue weighted by atomic mass is 35.5. The van der Waals surface area contributed by atoms with Gasteiger partial charge >= 0.3 is 0 Å². The predicted molar refractivity (Wildman–Crippen MR) is 81.5 cm³/mol. The van der Waals surface area contributed by atoms with Crippen molar-refractivity contribution in [3.63, 3.8) is 0 Å². The molecule has 0 aliphatic rings. The molecule has 21 heavy (non-hydrogen) atoms. The third kappa shape index (κ3) is 2.12. The third-order valence-electron chi connectivity index (χ3n) is 3.53. The monoisotopic (exact) mass is 306 g/mol. The van der Waals surface area contributed by atoms with Crippen LogP contribution >= 0.6 is 11.6 Å². The van der Waals surface area contributed by atoms with E-state index in [0.717, 1.165) is 22.4 Å². The molecule has 3 rings (SSSR count). The second kappa shape index (κ2) is 4.84. The first-order chi connectivity index (χ1) is 9.90. The fourth-order valence-corrected chi connectivity index (χ4v) is 2.73. The molecule has 1 atom stereocenters. The van der Waals surface area contributed by atoms with Crippen molar-refractivity contribution in [3.05, 3.63) is 41.1 Å². The average molecular weight is 307 g/mol. The van der Waals surface area contributed by atoms with Crippen LogP contribution in [0.25, 0.3) is 16.9 Å². The molecule has 0 amide bonds. The molecule has 0 N–H and O–H groups in total. The van der Waals surface area contributed by atoms with Gasteiger partial charge in [0.1, 0.15) is 17.2 Å². The molecule has 0 fully saturated rings. The van der Waals surface area contributed by atoms with Gasteiger partial charge in [0.15, 0.2) is 5.65 Å². The number of nitrogens with zero attached hydrogens (tertiary/aromatic N) is 4. The molecule has 110 valence electrons. The number of rotatable bonds is 2. The number of imidazole rings is 1. The van der Waals surface area contributed by atoms with Gasteiger partial charge in [-0.3, -0.25) is 4.57 Å². The molecule has 4 nitrogen and oxygen atoms in total. The summed E-state index contributed by atoms with van der Waals surface area (Å²) in [5, 5.41) is 4.02. The molecular formula is C15H16ClFN4. The van der Waals surface area contributed by atoms with Gasteiger partial charge in [0.05, 0.1) is 16.8 Å². The fourth-order valence-electron chi connectivity index (χ4n) is 2.59. The Morgan fingerprint density at radius 3 is 2.67 bits per heavy atom. The summed E-state index contributed by atoms with van der Waals surface area (Å²) in [5.41, 5.74) is 3.72. The van der Waals surface area contributed by atoms with Crippen molar-refractivity contribution in [1.82, 2.24) is 19.3 Å². The fraction of sp³-hybridized carbons (Fsp3) is 0.333. The Morgan fingerprint density at radius 1 is 1.29 bits per heavy atom. The average Bonchev–Trinajstić information content (AvgIpc) is 2.92. The minimum atomic E-state index is -0.336. The van der Waals surface area contributed by atoms with Crippen molar-refractivity contribution in [2.45, 2.75) is 26.1 Å². The van der Waals surface area contributed by atoms with Gasteiger partial charge < -0.3 is 0 Å². The van der Waals surface area contributed by atoms with Gasteiger partial charge in [-0.25, -0.2) is 14.1 Å². The number of hydrogen-bond donors (Lipinski definition) is 0. The smallest absolute Gasteiger partial charge is 0.163 e. The van der Waals surface area contributed by atoms with E-state index < -0.39 is 0 Å². The maximum atomic E-state index is 14.3. The lowest BCUT2D eigenvalue weighted by molar-refractivity contribution is 0.613. The van der Waals surface area contributed by atoms with Crippen LogP contribution in [0, 0.1) is 19.7 Å². The first-order valence-corrected chi connectivity index (χ1v) is 7.16. The second-order valence-corrected chi connectivity index (χ2v) is 5.91. The van der Waals surface area contributed by atoms with Crippen LogP contribution in [0.4, 0.5) is 4.39 Å². The lowest BCUT2D eigenvalue weighted by atomic mass is 10.2. The Balaban J connectivity index is 2.44. The topological polar surface area (TPSA) is 35.6 Å². The van der Waals surface area contributed by atoms with E-state index in [1.807, 2.05) is 27.8 Å². The predicted octanol–water partition coefficient (Wildman–Crippen LogP) is 3.81. The molecule has 0 bridgehead atoms. The molecule has 6 heteroatoms. The third-order valence-corrected chi connectivity index (χ3v) is 3.72. The summed E-state index contributed by atoms with van der Waals surface area (Å²) in [4.78, 5) is 4.56. The summed E-state index contributed by atoms with van der Waals surface area (Å²) in [6, 6.07) is 5.00. The van der Waals surface area contributed by atoms with Crippen molar-refractivity contribution < 1.29 is 4.39 Å². The van der Waals surface area contributed by atoms with Crippen molar-refractivity contribution in [3.8, 4) is 5.69 Å². The zero-order valence-corrected chi connectivity index (χ0v) is 13.1. The van der Waals surface area contributed by atoms with Crippen LogP contribution in [0.5, 0.6) is 0 Å². The van der Waals surface area contributed by atoms with Gasteiger partial charge in [0.2, 0.25) is 0 Å². The normalized spacial score (nSPS) is 13.0. The number of aromatic nitrogens is 4. The zero-order valence-electron chi connectivity index (χ0n) is 12.4. The maximum Gasteiger partial charge on any atom is 0.163 e. The van der Waals surface area contributed by atoms with Crippen molar-refractivity contribution in [2.24, 2.45) is 7.05 Å². The Morgan fingerprint density at radius 2 is 2.00 bits per heavy atom. The lowest BCUT2D eigenvalue weighted by Crippen LogP contribution is -2.08. The van der Waals surface area contributed by atoms with E-state index in [4.69, 9.17) is 11.6 Å². The Hall–Kier alpha value is -1.88. The van der Waals surface area contributed by atoms with Gasteiger partial charge in [-0.1, -0.05) is 6.07 Å². The quantitative estimate of drug-likeness (QED) is 0.675. The van der Waals surface area contributed by atoms with Crippen LogP contribution in [0.3, 0.4) is 0 Å². The number of halogens is 2. The van der Waals surface area contributed by atoms with Gasteiger partial charge in [-0.05, 0) is 38.5 Å². The summed E-state index contributed by atoms with van der Waals surface area (Å²) in [7, 11) is 1.82. The number of alkyl halides is 1. The number of benzene rings is 1. The maximum absolute atomic E-state index is 14.3. The molecule has 0 radical (unpaired) electrons. The van der Waals surface area contributed by atoms with Gasteiger partial charge in [0, 0.05) is 7.05 Å².